The summed E-state index contributed by atoms with van der Waals surface area (Å²) in [4.78, 5) is 0. The Morgan fingerprint density at radius 3 is 0.757 bits per heavy atom. The van der Waals surface area contributed by atoms with E-state index in [0.29, 0.717) is 4.28 Å². The Balaban J connectivity index is 4.55. The number of hydrogen-bond donors (Lipinski definition) is 0. The van der Waals surface area contributed by atoms with Gasteiger partial charge >= 0.3 is 0 Å². The van der Waals surface area contributed by atoms with Crippen molar-refractivity contribution in [2.24, 2.45) is 0 Å². The lowest BCUT2D eigenvalue weighted by Gasteiger charge is -2.60. The second-order valence-electron chi connectivity index (χ2n) is 19.7. The molecule has 1 rings (SSSR count). The fourth-order valence-electron chi connectivity index (χ4n) is 10.5. The molecule has 0 aromatic heterocycles. The van der Waals surface area contributed by atoms with Crippen LogP contribution in [0.15, 0.2) is 18.2 Å². The molecule has 0 fully saturated rings. The third kappa shape index (κ3) is 7.34. The third-order valence-electron chi connectivity index (χ3n) is 8.92. The standard InChI is InChI=1S/C30H68Si7/c1-31(2,3)28(32(4,5)6)25-22-26(29(33(7,8)9)34(10,11)12)24-27(23-25)30(35(13,14)15,36(16,17)18)37(19,20)21/h22-24,28-29H,1-21H3. The smallest absolute Gasteiger partial charge is 0.0499 e. The minimum atomic E-state index is -1.58. The molecule has 0 aliphatic carbocycles. The molecule has 0 nitrogen and oxygen atoms in total. The SMILES string of the molecule is C[Si](C)(C)C(c1cc(C([Si](C)(C)C)[Si](C)(C)C)cc(C([Si](C)(C)C)([Si](C)(C)C)[Si](C)(C)C)c1)[Si](C)(C)C. The molecule has 216 valence electrons. The molecule has 37 heavy (non-hydrogen) atoms. The van der Waals surface area contributed by atoms with E-state index in [1.165, 1.54) is 0 Å². The lowest BCUT2D eigenvalue weighted by atomic mass is 10.1. The summed E-state index contributed by atoms with van der Waals surface area (Å²) in [6.45, 7) is 56.3. The Morgan fingerprint density at radius 2 is 0.595 bits per heavy atom. The van der Waals surface area contributed by atoms with Crippen molar-refractivity contribution in [2.75, 3.05) is 0 Å². The van der Waals surface area contributed by atoms with Gasteiger partial charge in [-0.2, -0.15) is 0 Å². The molecule has 0 N–H and O–H groups in total. The predicted molar refractivity (Wildman–Crippen MR) is 197 cm³/mol. The van der Waals surface area contributed by atoms with Crippen molar-refractivity contribution in [2.45, 2.75) is 152 Å². The first-order valence-electron chi connectivity index (χ1n) is 15.0. The van der Waals surface area contributed by atoms with Crippen molar-refractivity contribution in [3.8, 4) is 0 Å². The summed E-state index contributed by atoms with van der Waals surface area (Å²) in [5, 5.41) is 1.59. The number of rotatable bonds is 10. The molecule has 0 unspecified atom stereocenters. The van der Waals surface area contributed by atoms with Crippen LogP contribution in [0.3, 0.4) is 0 Å². The summed E-state index contributed by atoms with van der Waals surface area (Å²) in [7, 11) is -10.4. The van der Waals surface area contributed by atoms with E-state index in [0.717, 1.165) is 10.3 Å². The first-order chi connectivity index (χ1) is 15.8. The predicted octanol–water partition coefficient (Wildman–Crippen LogP) is 11.2. The van der Waals surface area contributed by atoms with E-state index in [2.05, 4.69) is 156 Å². The fourth-order valence-corrected chi connectivity index (χ4v) is 66.0. The van der Waals surface area contributed by atoms with Crippen LogP contribution in [-0.4, -0.2) is 56.5 Å². The van der Waals surface area contributed by atoms with E-state index < -0.39 is 56.5 Å². The quantitative estimate of drug-likeness (QED) is 0.227. The molecule has 7 heteroatoms. The van der Waals surface area contributed by atoms with E-state index >= 15 is 0 Å². The van der Waals surface area contributed by atoms with Gasteiger partial charge in [-0.1, -0.05) is 156 Å². The molecule has 0 heterocycles. The van der Waals surface area contributed by atoms with Crippen molar-refractivity contribution in [1.82, 2.24) is 0 Å². The molecule has 0 saturated heterocycles. The van der Waals surface area contributed by atoms with Crippen LogP contribution in [-0.2, 0) is 4.28 Å². The van der Waals surface area contributed by atoms with Gasteiger partial charge in [0.2, 0.25) is 0 Å². The zero-order valence-electron chi connectivity index (χ0n) is 29.4. The van der Waals surface area contributed by atoms with Gasteiger partial charge in [0.05, 0.1) is 0 Å². The van der Waals surface area contributed by atoms with Gasteiger partial charge in [-0.25, -0.2) is 0 Å². The van der Waals surface area contributed by atoms with E-state index in [4.69, 9.17) is 0 Å². The first-order valence-corrected chi connectivity index (χ1v) is 39.8. The van der Waals surface area contributed by atoms with Gasteiger partial charge in [-0.3, -0.25) is 0 Å². The minimum Gasteiger partial charge on any atom is -0.0693 e. The lowest BCUT2D eigenvalue weighted by Crippen LogP contribution is -2.74. The largest absolute Gasteiger partial charge is 0.0693 e. The Morgan fingerprint density at radius 1 is 0.378 bits per heavy atom. The van der Waals surface area contributed by atoms with Gasteiger partial charge in [0.1, 0.15) is 0 Å². The summed E-state index contributed by atoms with van der Waals surface area (Å²) in [5.41, 5.74) is 5.32. The highest BCUT2D eigenvalue weighted by Crippen LogP contribution is 2.51. The second-order valence-corrected chi connectivity index (χ2v) is 59.4. The van der Waals surface area contributed by atoms with Gasteiger partial charge in [-0.05, 0) is 31.3 Å². The third-order valence-corrected chi connectivity index (χ3v) is 48.7. The summed E-state index contributed by atoms with van der Waals surface area (Å²) < 4.78 is 0.435. The zero-order chi connectivity index (χ0) is 30.0. The summed E-state index contributed by atoms with van der Waals surface area (Å²) in [6.07, 6.45) is 0. The van der Waals surface area contributed by atoms with Crippen LogP contribution < -0.4 is 0 Å². The topological polar surface area (TPSA) is 0 Å². The molecule has 1 aromatic rings. The highest BCUT2D eigenvalue weighted by molar-refractivity contribution is 7.14. The second kappa shape index (κ2) is 10.5. The van der Waals surface area contributed by atoms with Crippen LogP contribution in [0.2, 0.25) is 137 Å². The summed E-state index contributed by atoms with van der Waals surface area (Å²) in [5.74, 6) is 0. The van der Waals surface area contributed by atoms with E-state index in [1.54, 1.807) is 16.7 Å². The van der Waals surface area contributed by atoms with Crippen LogP contribution in [0, 0.1) is 0 Å². The normalized spacial score (nSPS) is 15.6. The molecule has 0 bridgehead atoms. The van der Waals surface area contributed by atoms with Crippen molar-refractivity contribution < 1.29 is 0 Å². The van der Waals surface area contributed by atoms with Gasteiger partial charge in [0.25, 0.3) is 0 Å². The van der Waals surface area contributed by atoms with Gasteiger partial charge in [0.15, 0.2) is 0 Å². The Hall–Kier alpha value is 0.738. The maximum absolute atomic E-state index is 2.85. The highest BCUT2D eigenvalue weighted by Gasteiger charge is 2.61. The minimum absolute atomic E-state index is 0.435. The Labute approximate surface area is 242 Å². The van der Waals surface area contributed by atoms with Crippen molar-refractivity contribution in [1.29, 1.82) is 0 Å². The first kappa shape index (κ1) is 35.8. The summed E-state index contributed by atoms with van der Waals surface area (Å²) >= 11 is 0. The number of benzene rings is 1. The molecule has 1 aromatic carbocycles. The van der Waals surface area contributed by atoms with Crippen LogP contribution in [0.5, 0.6) is 0 Å². The van der Waals surface area contributed by atoms with Crippen molar-refractivity contribution >= 4 is 56.5 Å². The van der Waals surface area contributed by atoms with E-state index in [-0.39, 0.29) is 0 Å². The van der Waals surface area contributed by atoms with Crippen LogP contribution in [0.25, 0.3) is 0 Å². The molecule has 0 spiro atoms. The van der Waals surface area contributed by atoms with Crippen LogP contribution in [0.1, 0.15) is 27.0 Å². The summed E-state index contributed by atoms with van der Waals surface area (Å²) in [6, 6.07) is 8.51. The Bertz CT molecular complexity index is 817. The molecular formula is C30H68Si7. The molecule has 0 amide bonds. The maximum Gasteiger partial charge on any atom is 0.0499 e. The van der Waals surface area contributed by atoms with Crippen LogP contribution >= 0.6 is 0 Å². The molecule has 0 radical (unpaired) electrons. The molecular weight excluding hydrogens is 557 g/mol. The van der Waals surface area contributed by atoms with Gasteiger partial charge in [0, 0.05) is 56.5 Å². The van der Waals surface area contributed by atoms with Crippen molar-refractivity contribution in [3.05, 3.63) is 34.9 Å². The molecule has 0 atom stereocenters. The van der Waals surface area contributed by atoms with Gasteiger partial charge < -0.3 is 0 Å². The zero-order valence-corrected chi connectivity index (χ0v) is 36.4. The van der Waals surface area contributed by atoms with Gasteiger partial charge in [-0.15, -0.1) is 0 Å². The number of hydrogen-bond acceptors (Lipinski definition) is 0. The average Bonchev–Trinajstić information content (AvgIpc) is 2.43. The molecule has 0 saturated carbocycles. The molecule has 0 aliphatic rings. The highest BCUT2D eigenvalue weighted by atomic mass is 28.5. The van der Waals surface area contributed by atoms with E-state index in [1.807, 2.05) is 0 Å². The molecule has 0 aliphatic heterocycles. The monoisotopic (exact) mass is 624 g/mol. The van der Waals surface area contributed by atoms with Crippen LogP contribution in [0.4, 0.5) is 0 Å². The fraction of sp³-hybridized carbons (Fsp3) is 0.800. The Kier molecular flexibility index (Phi) is 10.2. The van der Waals surface area contributed by atoms with Crippen molar-refractivity contribution in [3.63, 3.8) is 0 Å². The average molecular weight is 625 g/mol. The maximum atomic E-state index is 2.85. The van der Waals surface area contributed by atoms with E-state index in [9.17, 15) is 0 Å². The lowest BCUT2D eigenvalue weighted by molar-refractivity contribution is 0.991.